The number of rotatable bonds is 4. The van der Waals surface area contributed by atoms with Crippen LogP contribution in [0.4, 0.5) is 18.9 Å². The van der Waals surface area contributed by atoms with Crippen LogP contribution in [-0.4, -0.2) is 19.0 Å². The summed E-state index contributed by atoms with van der Waals surface area (Å²) in [4.78, 5) is 0. The zero-order valence-corrected chi connectivity index (χ0v) is 10.3. The van der Waals surface area contributed by atoms with Gasteiger partial charge in [0.25, 0.3) is 0 Å². The molecule has 0 aliphatic carbocycles. The van der Waals surface area contributed by atoms with Crippen molar-refractivity contribution in [2.45, 2.75) is 25.5 Å². The molecule has 1 aromatic carbocycles. The van der Waals surface area contributed by atoms with Gasteiger partial charge < -0.3 is 15.2 Å². The smallest absolute Gasteiger partial charge is 0.398 e. The first kappa shape index (κ1) is 13.9. The van der Waals surface area contributed by atoms with E-state index in [0.29, 0.717) is 12.2 Å². The second-order valence-electron chi connectivity index (χ2n) is 4.13. The monoisotopic (exact) mass is 273 g/mol. The van der Waals surface area contributed by atoms with Gasteiger partial charge in [0.1, 0.15) is 6.10 Å². The summed E-state index contributed by atoms with van der Waals surface area (Å²) in [6, 6.07) is 3.23. The van der Waals surface area contributed by atoms with Crippen LogP contribution in [0, 0.1) is 0 Å². The molecule has 1 fully saturated rings. The Hall–Kier alpha value is -1.53. The summed E-state index contributed by atoms with van der Waals surface area (Å²) in [5.41, 5.74) is 5.53. The Labute approximate surface area is 108 Å². The third-order valence-electron chi connectivity index (χ3n) is 2.69. The third-order valence-corrected chi connectivity index (χ3v) is 2.69. The molecule has 6 heteroatoms. The molecule has 1 heterocycles. The fourth-order valence-corrected chi connectivity index (χ4v) is 1.64. The van der Waals surface area contributed by atoms with Crippen LogP contribution in [0.5, 0.6) is 0 Å². The molecule has 0 amide bonds. The van der Waals surface area contributed by atoms with E-state index in [0.717, 1.165) is 12.1 Å². The third kappa shape index (κ3) is 3.48. The number of nitrogens with two attached hydrogens (primary N) is 1. The normalized spacial score (nSPS) is 22.9. The van der Waals surface area contributed by atoms with E-state index in [1.54, 1.807) is 6.08 Å². The van der Waals surface area contributed by atoms with Gasteiger partial charge in [-0.05, 0) is 30.7 Å². The van der Waals surface area contributed by atoms with E-state index in [-0.39, 0.29) is 18.1 Å². The molecule has 104 valence electrons. The Morgan fingerprint density at radius 2 is 2.16 bits per heavy atom. The standard InChI is InChI=1S/C13H14F3NO2/c1-2-18-12-11(19-12)6-3-8-7-9(13(14,15)16)4-5-10(8)17/h3-7,11-12H,2,17H2,1H3/b6-3+. The van der Waals surface area contributed by atoms with E-state index in [1.165, 1.54) is 12.1 Å². The number of benzene rings is 1. The van der Waals surface area contributed by atoms with E-state index in [2.05, 4.69) is 0 Å². The predicted octanol–water partition coefficient (Wildman–Crippen LogP) is 3.06. The van der Waals surface area contributed by atoms with Crippen LogP contribution in [0.2, 0.25) is 0 Å². The molecular formula is C13H14F3NO2. The van der Waals surface area contributed by atoms with Gasteiger partial charge in [-0.3, -0.25) is 0 Å². The van der Waals surface area contributed by atoms with Crippen molar-refractivity contribution >= 4 is 11.8 Å². The molecule has 1 aliphatic heterocycles. The van der Waals surface area contributed by atoms with Crippen molar-refractivity contribution in [2.24, 2.45) is 0 Å². The van der Waals surface area contributed by atoms with Crippen LogP contribution in [-0.2, 0) is 15.7 Å². The van der Waals surface area contributed by atoms with Gasteiger partial charge in [0.15, 0.2) is 6.29 Å². The van der Waals surface area contributed by atoms with Crippen LogP contribution in [0.3, 0.4) is 0 Å². The molecule has 1 saturated heterocycles. The highest BCUT2D eigenvalue weighted by molar-refractivity contribution is 5.65. The van der Waals surface area contributed by atoms with E-state index < -0.39 is 11.7 Å². The summed E-state index contributed by atoms with van der Waals surface area (Å²) in [5, 5.41) is 0. The van der Waals surface area contributed by atoms with Crippen molar-refractivity contribution in [3.05, 3.63) is 35.4 Å². The SMILES string of the molecule is CCOC1OC1/C=C/c1cc(C(F)(F)F)ccc1N. The van der Waals surface area contributed by atoms with E-state index in [1.807, 2.05) is 6.92 Å². The maximum absolute atomic E-state index is 12.6. The number of hydrogen-bond acceptors (Lipinski definition) is 3. The minimum atomic E-state index is -4.37. The molecule has 0 aromatic heterocycles. The average molecular weight is 273 g/mol. The molecule has 2 N–H and O–H groups in total. The highest BCUT2D eigenvalue weighted by Crippen LogP contribution is 2.32. The number of halogens is 3. The second-order valence-corrected chi connectivity index (χ2v) is 4.13. The summed E-state index contributed by atoms with van der Waals surface area (Å²) in [5.74, 6) is 0. The van der Waals surface area contributed by atoms with Crippen molar-refractivity contribution in [1.82, 2.24) is 0 Å². The summed E-state index contributed by atoms with van der Waals surface area (Å²) in [6.07, 6.45) is -1.72. The van der Waals surface area contributed by atoms with Gasteiger partial charge in [-0.15, -0.1) is 0 Å². The Balaban J connectivity index is 2.10. The van der Waals surface area contributed by atoms with Crippen molar-refractivity contribution in [3.8, 4) is 0 Å². The van der Waals surface area contributed by atoms with Gasteiger partial charge in [0, 0.05) is 12.3 Å². The van der Waals surface area contributed by atoms with Crippen molar-refractivity contribution in [3.63, 3.8) is 0 Å². The van der Waals surface area contributed by atoms with Gasteiger partial charge in [-0.25, -0.2) is 0 Å². The van der Waals surface area contributed by atoms with Crippen molar-refractivity contribution < 1.29 is 22.6 Å². The molecule has 2 atom stereocenters. The fourth-order valence-electron chi connectivity index (χ4n) is 1.64. The number of alkyl halides is 3. The van der Waals surface area contributed by atoms with Crippen molar-refractivity contribution in [2.75, 3.05) is 12.3 Å². The van der Waals surface area contributed by atoms with Gasteiger partial charge >= 0.3 is 6.18 Å². The molecule has 0 saturated carbocycles. The molecule has 0 radical (unpaired) electrons. The van der Waals surface area contributed by atoms with Crippen LogP contribution < -0.4 is 5.73 Å². The summed E-state index contributed by atoms with van der Waals surface area (Å²) in [7, 11) is 0. The first-order chi connectivity index (χ1) is 8.91. The Morgan fingerprint density at radius 1 is 1.42 bits per heavy atom. The highest BCUT2D eigenvalue weighted by atomic mass is 19.4. The maximum atomic E-state index is 12.6. The van der Waals surface area contributed by atoms with Crippen LogP contribution >= 0.6 is 0 Å². The number of epoxide rings is 1. The lowest BCUT2D eigenvalue weighted by atomic mass is 10.1. The van der Waals surface area contributed by atoms with Gasteiger partial charge in [0.2, 0.25) is 0 Å². The van der Waals surface area contributed by atoms with E-state index >= 15 is 0 Å². The highest BCUT2D eigenvalue weighted by Gasteiger charge is 2.37. The minimum Gasteiger partial charge on any atom is -0.398 e. The lowest BCUT2D eigenvalue weighted by Gasteiger charge is -2.08. The number of ether oxygens (including phenoxy) is 2. The largest absolute Gasteiger partial charge is 0.416 e. The number of nitrogen functional groups attached to an aromatic ring is 1. The minimum absolute atomic E-state index is 0.214. The van der Waals surface area contributed by atoms with Gasteiger partial charge in [-0.1, -0.05) is 12.2 Å². The molecule has 2 rings (SSSR count). The molecule has 19 heavy (non-hydrogen) atoms. The number of anilines is 1. The number of hydrogen-bond donors (Lipinski definition) is 1. The lowest BCUT2D eigenvalue weighted by Crippen LogP contribution is -2.05. The van der Waals surface area contributed by atoms with Crippen LogP contribution in [0.25, 0.3) is 6.08 Å². The Kier molecular flexibility index (Phi) is 3.82. The first-order valence-electron chi connectivity index (χ1n) is 5.84. The average Bonchev–Trinajstić information content (AvgIpc) is 3.05. The van der Waals surface area contributed by atoms with E-state index in [4.69, 9.17) is 15.2 Å². The van der Waals surface area contributed by atoms with Crippen LogP contribution in [0.15, 0.2) is 24.3 Å². The second kappa shape index (κ2) is 5.22. The van der Waals surface area contributed by atoms with E-state index in [9.17, 15) is 13.2 Å². The molecule has 2 unspecified atom stereocenters. The summed E-state index contributed by atoms with van der Waals surface area (Å²) >= 11 is 0. The predicted molar refractivity (Wildman–Crippen MR) is 65.2 cm³/mol. The molecular weight excluding hydrogens is 259 g/mol. The van der Waals surface area contributed by atoms with Crippen molar-refractivity contribution in [1.29, 1.82) is 0 Å². The summed E-state index contributed by atoms with van der Waals surface area (Å²) < 4.78 is 48.0. The molecule has 1 aromatic rings. The molecule has 0 spiro atoms. The topological polar surface area (TPSA) is 47.8 Å². The zero-order chi connectivity index (χ0) is 14.0. The van der Waals surface area contributed by atoms with Gasteiger partial charge in [-0.2, -0.15) is 13.2 Å². The quantitative estimate of drug-likeness (QED) is 0.677. The van der Waals surface area contributed by atoms with Gasteiger partial charge in [0.05, 0.1) is 5.56 Å². The first-order valence-corrected chi connectivity index (χ1v) is 5.84. The maximum Gasteiger partial charge on any atom is 0.416 e. The fraction of sp³-hybridized carbons (Fsp3) is 0.385. The molecule has 0 bridgehead atoms. The summed E-state index contributed by atoms with van der Waals surface area (Å²) in [6.45, 7) is 2.37. The molecule has 1 aliphatic rings. The zero-order valence-electron chi connectivity index (χ0n) is 10.3. The Morgan fingerprint density at radius 3 is 2.79 bits per heavy atom. The van der Waals surface area contributed by atoms with Crippen LogP contribution in [0.1, 0.15) is 18.1 Å². The Bertz CT molecular complexity index is 485. The lowest BCUT2D eigenvalue weighted by molar-refractivity contribution is -0.137. The molecule has 3 nitrogen and oxygen atoms in total.